The van der Waals surface area contributed by atoms with Crippen molar-refractivity contribution in [1.29, 1.82) is 0 Å². The van der Waals surface area contributed by atoms with E-state index in [2.05, 4.69) is 15.3 Å². The van der Waals surface area contributed by atoms with Crippen LogP contribution in [0, 0.1) is 0 Å². The van der Waals surface area contributed by atoms with Crippen molar-refractivity contribution in [2.45, 2.75) is 51.7 Å². The van der Waals surface area contributed by atoms with E-state index in [9.17, 15) is 9.59 Å². The van der Waals surface area contributed by atoms with Crippen LogP contribution in [0.15, 0.2) is 24.5 Å². The van der Waals surface area contributed by atoms with Gasteiger partial charge in [-0.1, -0.05) is 0 Å². The Morgan fingerprint density at radius 1 is 1.33 bits per heavy atom. The smallest absolute Gasteiger partial charge is 0.410 e. The van der Waals surface area contributed by atoms with Crippen molar-refractivity contribution in [3.63, 3.8) is 0 Å². The molecule has 0 aromatic carbocycles. The summed E-state index contributed by atoms with van der Waals surface area (Å²) in [6.07, 6.45) is 5.63. The molecular weight excluding hydrogens is 384 g/mol. The summed E-state index contributed by atoms with van der Waals surface area (Å²) in [6, 6.07) is 3.68. The predicted octanol–water partition coefficient (Wildman–Crippen LogP) is 3.14. The van der Waals surface area contributed by atoms with Gasteiger partial charge < -0.3 is 24.7 Å². The SMILES string of the molecule is CC(C)(C)OC(=O)N1CCC[C@H]1COc1cnccc1-c1cc2c([nH]1)CCNC2=O. The number of aromatic amines is 1. The van der Waals surface area contributed by atoms with E-state index in [-0.39, 0.29) is 18.0 Å². The first-order valence-corrected chi connectivity index (χ1v) is 10.4. The summed E-state index contributed by atoms with van der Waals surface area (Å²) in [5.41, 5.74) is 2.74. The van der Waals surface area contributed by atoms with Crippen LogP contribution in [0.25, 0.3) is 11.3 Å². The topological polar surface area (TPSA) is 96.5 Å². The predicted molar refractivity (Wildman–Crippen MR) is 112 cm³/mol. The van der Waals surface area contributed by atoms with Gasteiger partial charge in [0.15, 0.2) is 0 Å². The van der Waals surface area contributed by atoms with E-state index in [1.54, 1.807) is 17.3 Å². The number of carbonyl (C=O) groups is 2. The molecule has 2 aliphatic rings. The molecule has 1 saturated heterocycles. The third-order valence-electron chi connectivity index (χ3n) is 5.32. The van der Waals surface area contributed by atoms with Gasteiger partial charge in [-0.3, -0.25) is 9.78 Å². The fraction of sp³-hybridized carbons (Fsp3) is 0.500. The number of likely N-dealkylation sites (tertiary alicyclic amines) is 1. The molecule has 2 aromatic rings. The zero-order valence-electron chi connectivity index (χ0n) is 17.7. The van der Waals surface area contributed by atoms with Crippen LogP contribution in [0.2, 0.25) is 0 Å². The fourth-order valence-corrected chi connectivity index (χ4v) is 3.91. The quantitative estimate of drug-likeness (QED) is 0.804. The summed E-state index contributed by atoms with van der Waals surface area (Å²) in [7, 11) is 0. The Bertz CT molecular complexity index is 947. The monoisotopic (exact) mass is 412 g/mol. The molecule has 2 aromatic heterocycles. The highest BCUT2D eigenvalue weighted by Crippen LogP contribution is 2.31. The summed E-state index contributed by atoms with van der Waals surface area (Å²) < 4.78 is 11.6. The van der Waals surface area contributed by atoms with Crippen molar-refractivity contribution < 1.29 is 19.1 Å². The van der Waals surface area contributed by atoms with Gasteiger partial charge in [-0.25, -0.2) is 4.79 Å². The Morgan fingerprint density at radius 2 is 2.17 bits per heavy atom. The minimum Gasteiger partial charge on any atom is -0.489 e. The molecule has 0 radical (unpaired) electrons. The molecular formula is C22H28N4O4. The first-order valence-electron chi connectivity index (χ1n) is 10.4. The van der Waals surface area contributed by atoms with Crippen molar-refractivity contribution in [2.75, 3.05) is 19.7 Å². The van der Waals surface area contributed by atoms with Crippen LogP contribution >= 0.6 is 0 Å². The fourth-order valence-electron chi connectivity index (χ4n) is 3.91. The number of nitrogens with zero attached hydrogens (tertiary/aromatic N) is 2. The van der Waals surface area contributed by atoms with Crippen molar-refractivity contribution >= 4 is 12.0 Å². The molecule has 0 unspecified atom stereocenters. The maximum Gasteiger partial charge on any atom is 0.410 e. The van der Waals surface area contributed by atoms with E-state index in [4.69, 9.17) is 9.47 Å². The van der Waals surface area contributed by atoms with E-state index >= 15 is 0 Å². The van der Waals surface area contributed by atoms with E-state index in [1.165, 1.54) is 0 Å². The standard InChI is InChI=1S/C22H28N4O4/c1-22(2,3)30-21(28)26-10-4-5-14(26)13-29-19-12-23-8-6-15(19)18-11-16-17(25-18)7-9-24-20(16)27/h6,8,11-12,14,25H,4-5,7,9-10,13H2,1-3H3,(H,24,27)/t14-/m0/s1. The highest BCUT2D eigenvalue weighted by atomic mass is 16.6. The van der Waals surface area contributed by atoms with Crippen molar-refractivity contribution in [2.24, 2.45) is 0 Å². The third-order valence-corrected chi connectivity index (χ3v) is 5.32. The normalized spacial score (nSPS) is 18.7. The molecule has 30 heavy (non-hydrogen) atoms. The summed E-state index contributed by atoms with van der Waals surface area (Å²) in [5.74, 6) is 0.557. The molecule has 0 spiro atoms. The molecule has 0 aliphatic carbocycles. The van der Waals surface area contributed by atoms with Gasteiger partial charge in [-0.2, -0.15) is 0 Å². The molecule has 4 heterocycles. The number of H-pyrrole nitrogens is 1. The number of ether oxygens (including phenoxy) is 2. The molecule has 8 nitrogen and oxygen atoms in total. The molecule has 160 valence electrons. The lowest BCUT2D eigenvalue weighted by molar-refractivity contribution is 0.0187. The van der Waals surface area contributed by atoms with Gasteiger partial charge >= 0.3 is 6.09 Å². The lowest BCUT2D eigenvalue weighted by atomic mass is 10.1. The van der Waals surface area contributed by atoms with Crippen molar-refractivity contribution in [1.82, 2.24) is 20.2 Å². The highest BCUT2D eigenvalue weighted by molar-refractivity contribution is 5.98. The molecule has 2 amide bonds. The zero-order chi connectivity index (χ0) is 21.3. The van der Waals surface area contributed by atoms with Crippen LogP contribution in [0.5, 0.6) is 5.75 Å². The Morgan fingerprint density at radius 3 is 2.93 bits per heavy atom. The maximum absolute atomic E-state index is 12.5. The van der Waals surface area contributed by atoms with E-state index in [1.807, 2.05) is 32.9 Å². The summed E-state index contributed by atoms with van der Waals surface area (Å²) in [4.78, 5) is 33.9. The van der Waals surface area contributed by atoms with Gasteiger partial charge in [0.1, 0.15) is 18.0 Å². The molecule has 2 aliphatic heterocycles. The van der Waals surface area contributed by atoms with Gasteiger partial charge in [0.2, 0.25) is 0 Å². The van der Waals surface area contributed by atoms with Crippen molar-refractivity contribution in [3.05, 3.63) is 35.8 Å². The second-order valence-electron chi connectivity index (χ2n) is 8.73. The van der Waals surface area contributed by atoms with Gasteiger partial charge in [-0.05, 0) is 45.7 Å². The van der Waals surface area contributed by atoms with Gasteiger partial charge in [0, 0.05) is 37.0 Å². The van der Waals surface area contributed by atoms with Crippen molar-refractivity contribution in [3.8, 4) is 17.0 Å². The van der Waals surface area contributed by atoms with Gasteiger partial charge in [0.05, 0.1) is 23.5 Å². The van der Waals surface area contributed by atoms with Crippen LogP contribution in [0.4, 0.5) is 4.79 Å². The number of amides is 2. The number of aromatic nitrogens is 2. The molecule has 1 atom stereocenters. The van der Waals surface area contributed by atoms with E-state index in [0.29, 0.717) is 31.0 Å². The third kappa shape index (κ3) is 4.27. The lowest BCUT2D eigenvalue weighted by Crippen LogP contribution is -2.42. The Kier molecular flexibility index (Phi) is 5.40. The first kappa shape index (κ1) is 20.3. The summed E-state index contributed by atoms with van der Waals surface area (Å²) in [6.45, 7) is 7.26. The average Bonchev–Trinajstić information content (AvgIpc) is 3.33. The summed E-state index contributed by atoms with van der Waals surface area (Å²) >= 11 is 0. The number of hydrogen-bond donors (Lipinski definition) is 2. The molecule has 2 N–H and O–H groups in total. The van der Waals surface area contributed by atoms with E-state index in [0.717, 1.165) is 36.2 Å². The Labute approximate surface area is 176 Å². The Hall–Kier alpha value is -3.03. The minimum atomic E-state index is -0.527. The number of hydrogen-bond acceptors (Lipinski definition) is 5. The molecule has 8 heteroatoms. The average molecular weight is 412 g/mol. The van der Waals surface area contributed by atoms with Crippen LogP contribution in [-0.4, -0.2) is 58.2 Å². The second kappa shape index (κ2) is 8.01. The van der Waals surface area contributed by atoms with Gasteiger partial charge in [0.25, 0.3) is 5.91 Å². The number of fused-ring (bicyclic) bond motifs is 1. The lowest BCUT2D eigenvalue weighted by Gasteiger charge is -2.28. The second-order valence-corrected chi connectivity index (χ2v) is 8.73. The largest absolute Gasteiger partial charge is 0.489 e. The number of rotatable bonds is 4. The number of carbonyl (C=O) groups excluding carboxylic acids is 2. The highest BCUT2D eigenvalue weighted by Gasteiger charge is 2.33. The van der Waals surface area contributed by atoms with Crippen LogP contribution in [0.1, 0.15) is 49.7 Å². The number of nitrogens with one attached hydrogen (secondary N) is 2. The number of pyridine rings is 1. The maximum atomic E-state index is 12.5. The molecule has 0 bridgehead atoms. The van der Waals surface area contributed by atoms with E-state index < -0.39 is 5.60 Å². The first-order chi connectivity index (χ1) is 14.3. The van der Waals surface area contributed by atoms with Crippen LogP contribution < -0.4 is 10.1 Å². The Balaban J connectivity index is 1.49. The summed E-state index contributed by atoms with van der Waals surface area (Å²) in [5, 5.41) is 2.86. The molecule has 1 fully saturated rings. The molecule has 0 saturated carbocycles. The minimum absolute atomic E-state index is 0.0458. The zero-order valence-corrected chi connectivity index (χ0v) is 17.7. The van der Waals surface area contributed by atoms with Crippen LogP contribution in [0.3, 0.4) is 0 Å². The van der Waals surface area contributed by atoms with Gasteiger partial charge in [-0.15, -0.1) is 0 Å². The molecule has 4 rings (SSSR count). The van der Waals surface area contributed by atoms with Crippen LogP contribution in [-0.2, 0) is 11.2 Å².